The van der Waals surface area contributed by atoms with Gasteiger partial charge in [-0.3, -0.25) is 9.69 Å². The molecule has 92 valence electrons. The summed E-state index contributed by atoms with van der Waals surface area (Å²) in [5.74, 6) is -0.434. The normalized spacial score (nSPS) is 10.2. The minimum atomic E-state index is -0.511. The van der Waals surface area contributed by atoms with Gasteiger partial charge in [-0.25, -0.2) is 9.37 Å². The van der Waals surface area contributed by atoms with Crippen LogP contribution in [-0.4, -0.2) is 17.9 Å². The zero-order chi connectivity index (χ0) is 13.1. The third-order valence-corrected chi connectivity index (χ3v) is 2.65. The lowest BCUT2D eigenvalue weighted by Crippen LogP contribution is -2.27. The largest absolute Gasteiger partial charge is 0.296 e. The molecule has 0 spiro atoms. The highest BCUT2D eigenvalue weighted by atomic mass is 19.1. The van der Waals surface area contributed by atoms with Crippen LogP contribution in [0.4, 0.5) is 10.2 Å². The Morgan fingerprint density at radius 3 is 2.67 bits per heavy atom. The number of hydrogen-bond acceptors (Lipinski definition) is 2. The molecule has 1 aromatic carbocycles. The number of amides is 1. The molecule has 4 heteroatoms. The van der Waals surface area contributed by atoms with Crippen LogP contribution in [0.15, 0.2) is 42.6 Å². The molecule has 0 bridgehead atoms. The molecular formula is C14H13FN2O. The van der Waals surface area contributed by atoms with Crippen molar-refractivity contribution in [2.24, 2.45) is 0 Å². The molecular weight excluding hydrogens is 231 g/mol. The van der Waals surface area contributed by atoms with Crippen molar-refractivity contribution in [3.63, 3.8) is 0 Å². The molecule has 0 saturated heterocycles. The van der Waals surface area contributed by atoms with Crippen molar-refractivity contribution < 1.29 is 9.18 Å². The summed E-state index contributed by atoms with van der Waals surface area (Å²) in [5.41, 5.74) is 0.832. The molecule has 2 rings (SSSR count). The predicted molar refractivity (Wildman–Crippen MR) is 68.1 cm³/mol. The average molecular weight is 244 g/mol. The number of nitrogens with zero attached hydrogens (tertiary/aromatic N) is 2. The quantitative estimate of drug-likeness (QED) is 0.813. The second-order valence-corrected chi connectivity index (χ2v) is 4.04. The molecule has 0 saturated carbocycles. The molecule has 3 nitrogen and oxygen atoms in total. The lowest BCUT2D eigenvalue weighted by atomic mass is 10.1. The van der Waals surface area contributed by atoms with Crippen molar-refractivity contribution in [1.29, 1.82) is 0 Å². The van der Waals surface area contributed by atoms with Crippen molar-refractivity contribution in [3.05, 3.63) is 59.5 Å². The molecule has 0 fully saturated rings. The van der Waals surface area contributed by atoms with Gasteiger partial charge in [0.25, 0.3) is 5.91 Å². The smallest absolute Gasteiger partial charge is 0.262 e. The van der Waals surface area contributed by atoms with Crippen molar-refractivity contribution in [3.8, 4) is 0 Å². The first kappa shape index (κ1) is 12.2. The molecule has 0 aliphatic rings. The van der Waals surface area contributed by atoms with E-state index in [4.69, 9.17) is 0 Å². The average Bonchev–Trinajstić information content (AvgIpc) is 2.38. The molecule has 18 heavy (non-hydrogen) atoms. The van der Waals surface area contributed by atoms with Crippen molar-refractivity contribution in [2.45, 2.75) is 6.92 Å². The van der Waals surface area contributed by atoms with Gasteiger partial charge in [0.05, 0.1) is 5.56 Å². The number of hydrogen-bond donors (Lipinski definition) is 0. The maximum atomic E-state index is 13.7. The fraction of sp³-hybridized carbons (Fsp3) is 0.143. The minimum absolute atomic E-state index is 0.0498. The van der Waals surface area contributed by atoms with E-state index in [1.54, 1.807) is 44.4 Å². The topological polar surface area (TPSA) is 33.2 Å². The van der Waals surface area contributed by atoms with E-state index in [1.807, 2.05) is 0 Å². The Morgan fingerprint density at radius 1 is 1.28 bits per heavy atom. The summed E-state index contributed by atoms with van der Waals surface area (Å²) in [6.45, 7) is 1.78. The van der Waals surface area contributed by atoms with E-state index in [-0.39, 0.29) is 5.56 Å². The molecule has 0 aliphatic carbocycles. The van der Waals surface area contributed by atoms with E-state index in [0.717, 1.165) is 5.56 Å². The summed E-state index contributed by atoms with van der Waals surface area (Å²) in [6.07, 6.45) is 1.59. The van der Waals surface area contributed by atoms with E-state index in [2.05, 4.69) is 4.98 Å². The molecule has 0 N–H and O–H groups in total. The van der Waals surface area contributed by atoms with Crippen LogP contribution >= 0.6 is 0 Å². The number of aryl methyl sites for hydroxylation is 1. The molecule has 0 radical (unpaired) electrons. The van der Waals surface area contributed by atoms with Gasteiger partial charge in [0.15, 0.2) is 0 Å². The Balaban J connectivity index is 2.32. The van der Waals surface area contributed by atoms with Crippen LogP contribution in [0.2, 0.25) is 0 Å². The Labute approximate surface area is 105 Å². The first-order valence-corrected chi connectivity index (χ1v) is 5.55. The Kier molecular flexibility index (Phi) is 3.37. The van der Waals surface area contributed by atoms with Gasteiger partial charge in [0, 0.05) is 13.2 Å². The van der Waals surface area contributed by atoms with Crippen molar-refractivity contribution >= 4 is 11.7 Å². The van der Waals surface area contributed by atoms with Gasteiger partial charge < -0.3 is 0 Å². The van der Waals surface area contributed by atoms with Gasteiger partial charge in [0.1, 0.15) is 11.6 Å². The lowest BCUT2D eigenvalue weighted by molar-refractivity contribution is 0.0988. The van der Waals surface area contributed by atoms with Gasteiger partial charge >= 0.3 is 0 Å². The second kappa shape index (κ2) is 4.96. The predicted octanol–water partition coefficient (Wildman–Crippen LogP) is 2.81. The molecule has 1 aromatic heterocycles. The SMILES string of the molecule is Cc1ccc(C(=O)N(C)c2ccccn2)c(F)c1. The molecule has 1 amide bonds. The third-order valence-electron chi connectivity index (χ3n) is 2.65. The van der Waals surface area contributed by atoms with E-state index < -0.39 is 11.7 Å². The first-order chi connectivity index (χ1) is 8.59. The number of carbonyl (C=O) groups is 1. The maximum Gasteiger partial charge on any atom is 0.262 e. The van der Waals surface area contributed by atoms with Crippen molar-refractivity contribution in [1.82, 2.24) is 4.98 Å². The first-order valence-electron chi connectivity index (χ1n) is 5.55. The zero-order valence-electron chi connectivity index (χ0n) is 10.2. The highest BCUT2D eigenvalue weighted by Gasteiger charge is 2.17. The van der Waals surface area contributed by atoms with Gasteiger partial charge in [-0.05, 0) is 36.8 Å². The summed E-state index contributed by atoms with van der Waals surface area (Å²) < 4.78 is 13.7. The Hall–Kier alpha value is -2.23. The molecule has 0 aliphatic heterocycles. The fourth-order valence-electron chi connectivity index (χ4n) is 1.63. The van der Waals surface area contributed by atoms with Crippen LogP contribution in [0.25, 0.3) is 0 Å². The second-order valence-electron chi connectivity index (χ2n) is 4.04. The number of pyridine rings is 1. The Morgan fingerprint density at radius 2 is 2.06 bits per heavy atom. The number of benzene rings is 1. The standard InChI is InChI=1S/C14H13FN2O/c1-10-6-7-11(12(15)9-10)14(18)17(2)13-5-3-4-8-16-13/h3-9H,1-2H3. The zero-order valence-corrected chi connectivity index (χ0v) is 10.2. The molecule has 0 unspecified atom stereocenters. The van der Waals surface area contributed by atoms with Crippen molar-refractivity contribution in [2.75, 3.05) is 11.9 Å². The number of carbonyl (C=O) groups excluding carboxylic acids is 1. The third kappa shape index (κ3) is 2.37. The van der Waals surface area contributed by atoms with Crippen LogP contribution in [0.1, 0.15) is 15.9 Å². The van der Waals surface area contributed by atoms with Crippen LogP contribution in [0.3, 0.4) is 0 Å². The maximum absolute atomic E-state index is 13.7. The summed E-state index contributed by atoms with van der Waals surface area (Å²) >= 11 is 0. The highest BCUT2D eigenvalue weighted by molar-refractivity contribution is 6.05. The summed E-state index contributed by atoms with van der Waals surface area (Å²) in [4.78, 5) is 17.5. The minimum Gasteiger partial charge on any atom is -0.296 e. The van der Waals surface area contributed by atoms with E-state index in [0.29, 0.717) is 5.82 Å². The van der Waals surface area contributed by atoms with Crippen LogP contribution in [-0.2, 0) is 0 Å². The number of halogens is 1. The fourth-order valence-corrected chi connectivity index (χ4v) is 1.63. The summed E-state index contributed by atoms with van der Waals surface area (Å²) in [6, 6.07) is 9.78. The van der Waals surface area contributed by atoms with E-state index >= 15 is 0 Å². The van der Waals surface area contributed by atoms with Crippen LogP contribution < -0.4 is 4.90 Å². The van der Waals surface area contributed by atoms with Crippen LogP contribution in [0.5, 0.6) is 0 Å². The monoisotopic (exact) mass is 244 g/mol. The molecule has 1 heterocycles. The number of rotatable bonds is 2. The van der Waals surface area contributed by atoms with Gasteiger partial charge in [-0.1, -0.05) is 12.1 Å². The van der Waals surface area contributed by atoms with E-state index in [1.165, 1.54) is 17.0 Å². The van der Waals surface area contributed by atoms with E-state index in [9.17, 15) is 9.18 Å². The lowest BCUT2D eigenvalue weighted by Gasteiger charge is -2.16. The Bertz CT molecular complexity index is 569. The van der Waals surface area contributed by atoms with Gasteiger partial charge in [-0.2, -0.15) is 0 Å². The highest BCUT2D eigenvalue weighted by Crippen LogP contribution is 2.15. The summed E-state index contributed by atoms with van der Waals surface area (Å²) in [5, 5.41) is 0. The number of anilines is 1. The van der Waals surface area contributed by atoms with Gasteiger partial charge in [-0.15, -0.1) is 0 Å². The number of aromatic nitrogens is 1. The molecule has 0 atom stereocenters. The van der Waals surface area contributed by atoms with Crippen LogP contribution in [0, 0.1) is 12.7 Å². The molecule has 2 aromatic rings. The summed E-state index contributed by atoms with van der Waals surface area (Å²) in [7, 11) is 1.57. The van der Waals surface area contributed by atoms with Gasteiger partial charge in [0.2, 0.25) is 0 Å².